The normalized spacial score (nSPS) is 14.2. The molecule has 1 amide bonds. The van der Waals surface area contributed by atoms with E-state index < -0.39 is 0 Å². The van der Waals surface area contributed by atoms with E-state index in [4.69, 9.17) is 4.98 Å². The molecule has 0 atom stereocenters. The number of anilines is 1. The van der Waals surface area contributed by atoms with Gasteiger partial charge in [0.05, 0.1) is 64.9 Å². The number of carbonyl (C=O) groups is 1. The van der Waals surface area contributed by atoms with E-state index >= 15 is 0 Å². The molecule has 0 aromatic carbocycles. The summed E-state index contributed by atoms with van der Waals surface area (Å²) in [5, 5.41) is 14.8. The van der Waals surface area contributed by atoms with Gasteiger partial charge in [0.15, 0.2) is 5.82 Å². The molecule has 200 valence electrons. The van der Waals surface area contributed by atoms with Gasteiger partial charge in [0, 0.05) is 29.8 Å². The maximum atomic E-state index is 12.7. The van der Waals surface area contributed by atoms with Gasteiger partial charge in [-0.2, -0.15) is 5.10 Å². The van der Waals surface area contributed by atoms with E-state index in [0.717, 1.165) is 64.8 Å². The molecule has 7 heterocycles. The van der Waals surface area contributed by atoms with Crippen LogP contribution in [-0.4, -0.2) is 63.7 Å². The van der Waals surface area contributed by atoms with Crippen LogP contribution < -0.4 is 10.6 Å². The number of carbonyl (C=O) groups excluding carboxylic acids is 1. The second kappa shape index (κ2) is 9.97. The molecular formula is C28H27N11O. The molecule has 6 aromatic heterocycles. The van der Waals surface area contributed by atoms with Crippen LogP contribution in [0.3, 0.4) is 0 Å². The lowest BCUT2D eigenvalue weighted by Gasteiger charge is -2.21. The largest absolute Gasteiger partial charge is 0.335 e. The molecule has 0 aliphatic carbocycles. The summed E-state index contributed by atoms with van der Waals surface area (Å²) in [6.07, 6.45) is 14.9. The van der Waals surface area contributed by atoms with E-state index in [2.05, 4.69) is 45.8 Å². The van der Waals surface area contributed by atoms with E-state index in [0.29, 0.717) is 35.2 Å². The fraction of sp³-hybridized carbons (Fsp3) is 0.250. The zero-order valence-electron chi connectivity index (χ0n) is 21.8. The number of aryl methyl sites for hydroxylation is 1. The van der Waals surface area contributed by atoms with Crippen LogP contribution in [0.15, 0.2) is 55.6 Å². The molecular weight excluding hydrogens is 506 g/mol. The first-order chi connectivity index (χ1) is 19.6. The summed E-state index contributed by atoms with van der Waals surface area (Å²) in [4.78, 5) is 38.6. The van der Waals surface area contributed by atoms with E-state index in [1.54, 1.807) is 37.3 Å². The van der Waals surface area contributed by atoms with Crippen LogP contribution in [-0.2, 0) is 4.79 Å². The minimum Gasteiger partial charge on any atom is -0.335 e. The molecule has 0 unspecified atom stereocenters. The summed E-state index contributed by atoms with van der Waals surface area (Å²) < 4.78 is 1.91. The second-order valence-electron chi connectivity index (χ2n) is 10.2. The van der Waals surface area contributed by atoms with Crippen LogP contribution in [0.2, 0.25) is 0 Å². The summed E-state index contributed by atoms with van der Waals surface area (Å²) in [5.74, 6) is 1.03. The molecule has 1 aliphatic rings. The van der Waals surface area contributed by atoms with Crippen LogP contribution in [0.25, 0.3) is 50.4 Å². The van der Waals surface area contributed by atoms with Crippen molar-refractivity contribution in [2.45, 2.75) is 26.2 Å². The molecule has 1 saturated heterocycles. The van der Waals surface area contributed by atoms with Crippen LogP contribution in [0.4, 0.5) is 5.69 Å². The molecule has 1 fully saturated rings. The van der Waals surface area contributed by atoms with E-state index in [1.807, 2.05) is 29.8 Å². The monoisotopic (exact) mass is 533 g/mol. The third-order valence-corrected chi connectivity index (χ3v) is 7.29. The highest BCUT2D eigenvalue weighted by atomic mass is 16.1. The van der Waals surface area contributed by atoms with Crippen molar-refractivity contribution < 1.29 is 4.79 Å². The van der Waals surface area contributed by atoms with Crippen molar-refractivity contribution in [3.05, 3.63) is 61.3 Å². The number of rotatable bonds is 6. The lowest BCUT2D eigenvalue weighted by atomic mass is 9.94. The average molecular weight is 534 g/mol. The Bertz CT molecular complexity index is 1840. The highest BCUT2D eigenvalue weighted by molar-refractivity contribution is 5.96. The molecule has 7 rings (SSSR count). The topological polar surface area (TPSA) is 155 Å². The van der Waals surface area contributed by atoms with Crippen LogP contribution >= 0.6 is 0 Å². The third-order valence-electron chi connectivity index (χ3n) is 7.29. The van der Waals surface area contributed by atoms with Gasteiger partial charge >= 0.3 is 0 Å². The number of aromatic amines is 2. The number of hydrogen-bond donors (Lipinski definition) is 4. The first kappa shape index (κ1) is 24.1. The lowest BCUT2D eigenvalue weighted by molar-refractivity contribution is -0.117. The van der Waals surface area contributed by atoms with Crippen molar-refractivity contribution in [1.82, 2.24) is 50.0 Å². The maximum Gasteiger partial charge on any atom is 0.224 e. The second-order valence-corrected chi connectivity index (χ2v) is 10.2. The number of H-pyrrole nitrogens is 2. The van der Waals surface area contributed by atoms with E-state index in [9.17, 15) is 4.79 Å². The van der Waals surface area contributed by atoms with Gasteiger partial charge < -0.3 is 20.2 Å². The molecule has 0 spiro atoms. The fourth-order valence-electron chi connectivity index (χ4n) is 5.24. The van der Waals surface area contributed by atoms with Crippen molar-refractivity contribution in [2.75, 3.05) is 18.4 Å². The minimum atomic E-state index is 0.0102. The van der Waals surface area contributed by atoms with Gasteiger partial charge in [-0.3, -0.25) is 24.8 Å². The molecule has 12 heteroatoms. The highest BCUT2D eigenvalue weighted by Gasteiger charge is 2.19. The van der Waals surface area contributed by atoms with Gasteiger partial charge in [0.25, 0.3) is 0 Å². The number of nitrogens with zero attached hydrogens (tertiary/aromatic N) is 7. The molecule has 6 aromatic rings. The Labute approximate surface area is 228 Å². The van der Waals surface area contributed by atoms with Crippen molar-refractivity contribution in [1.29, 1.82) is 0 Å². The molecule has 40 heavy (non-hydrogen) atoms. The van der Waals surface area contributed by atoms with Gasteiger partial charge in [0.1, 0.15) is 11.2 Å². The number of nitrogens with one attached hydrogen (secondary N) is 4. The molecule has 0 bridgehead atoms. The zero-order valence-corrected chi connectivity index (χ0v) is 21.8. The quantitative estimate of drug-likeness (QED) is 0.252. The zero-order chi connectivity index (χ0) is 27.1. The number of piperidine rings is 1. The fourth-order valence-corrected chi connectivity index (χ4v) is 5.24. The summed E-state index contributed by atoms with van der Waals surface area (Å²) in [6, 6.07) is 3.85. The number of fused-ring (bicyclic) bond motifs is 2. The van der Waals surface area contributed by atoms with Crippen LogP contribution in [0, 0.1) is 12.8 Å². The minimum absolute atomic E-state index is 0.0102. The van der Waals surface area contributed by atoms with Crippen molar-refractivity contribution in [2.24, 2.45) is 5.92 Å². The van der Waals surface area contributed by atoms with Crippen molar-refractivity contribution >= 4 is 33.5 Å². The summed E-state index contributed by atoms with van der Waals surface area (Å²) in [7, 11) is 0. The Kier molecular flexibility index (Phi) is 6.00. The van der Waals surface area contributed by atoms with Gasteiger partial charge in [-0.25, -0.2) is 9.97 Å². The first-order valence-electron chi connectivity index (χ1n) is 13.3. The number of aromatic nitrogens is 9. The van der Waals surface area contributed by atoms with Gasteiger partial charge in [0.2, 0.25) is 5.91 Å². The molecule has 4 N–H and O–H groups in total. The van der Waals surface area contributed by atoms with Gasteiger partial charge in [-0.05, 0) is 50.9 Å². The number of pyridine rings is 3. The predicted octanol–water partition coefficient (Wildman–Crippen LogP) is 3.78. The Morgan fingerprint density at radius 3 is 2.77 bits per heavy atom. The number of amides is 1. The number of hydrogen-bond acceptors (Lipinski definition) is 8. The molecule has 12 nitrogen and oxygen atoms in total. The van der Waals surface area contributed by atoms with Crippen LogP contribution in [0.5, 0.6) is 0 Å². The maximum absolute atomic E-state index is 12.7. The Morgan fingerprint density at radius 1 is 1.05 bits per heavy atom. The van der Waals surface area contributed by atoms with Crippen molar-refractivity contribution in [3.63, 3.8) is 0 Å². The Morgan fingerprint density at radius 2 is 1.93 bits per heavy atom. The smallest absolute Gasteiger partial charge is 0.224 e. The van der Waals surface area contributed by atoms with Gasteiger partial charge in [-0.1, -0.05) is 0 Å². The summed E-state index contributed by atoms with van der Waals surface area (Å²) in [6.45, 7) is 3.88. The Hall–Kier alpha value is -4.97. The summed E-state index contributed by atoms with van der Waals surface area (Å²) >= 11 is 0. The highest BCUT2D eigenvalue weighted by Crippen LogP contribution is 2.30. The predicted molar refractivity (Wildman–Crippen MR) is 151 cm³/mol. The Balaban J connectivity index is 1.19. The summed E-state index contributed by atoms with van der Waals surface area (Å²) in [5.41, 5.74) is 6.90. The van der Waals surface area contributed by atoms with E-state index in [1.165, 1.54) is 0 Å². The average Bonchev–Trinajstić information content (AvgIpc) is 3.71. The van der Waals surface area contributed by atoms with Crippen molar-refractivity contribution in [3.8, 4) is 28.5 Å². The molecule has 0 saturated carbocycles. The van der Waals surface area contributed by atoms with E-state index in [-0.39, 0.29) is 5.91 Å². The first-order valence-corrected chi connectivity index (χ1v) is 13.3. The third kappa shape index (κ3) is 4.58. The van der Waals surface area contributed by atoms with Gasteiger partial charge in [-0.15, -0.1) is 0 Å². The lowest BCUT2D eigenvalue weighted by Crippen LogP contribution is -2.30. The molecule has 1 aliphatic heterocycles. The molecule has 0 radical (unpaired) electrons. The standard InChI is InChI=1S/C28H27N11O/c1-16-14-39(15-33-16)24-13-31-11-23-27(24)36-28(35-23)26-20-8-21(32-12-22(20)37-38-26)18-7-19(10-30-9-18)34-25(40)6-17-2-4-29-5-3-17/h7-15,17,29H,2-6H2,1H3,(H,34,40)(H,35,36)(H,37,38). The SMILES string of the molecule is Cc1cn(-c2cncc3[nH]c(-c4n[nH]c5cnc(-c6cncc(NC(=O)CC7CCNCC7)c6)cc45)nc23)cn1. The van der Waals surface area contributed by atoms with Crippen LogP contribution in [0.1, 0.15) is 25.0 Å². The number of imidazole rings is 2.